The Hall–Kier alpha value is -2.28. The maximum Gasteiger partial charge on any atom is 0.250 e. The van der Waals surface area contributed by atoms with Gasteiger partial charge < -0.3 is 14.8 Å². The van der Waals surface area contributed by atoms with Gasteiger partial charge in [-0.2, -0.15) is 0 Å². The molecule has 2 aromatic rings. The molecule has 2 aliphatic rings. The van der Waals surface area contributed by atoms with Crippen molar-refractivity contribution in [3.8, 4) is 0 Å². The Morgan fingerprint density at radius 1 is 1.12 bits per heavy atom. The summed E-state index contributed by atoms with van der Waals surface area (Å²) >= 11 is 5.45. The third kappa shape index (κ3) is 3.16. The first-order valence-corrected chi connectivity index (χ1v) is 8.62. The molecule has 2 unspecified atom stereocenters. The van der Waals surface area contributed by atoms with E-state index in [1.807, 2.05) is 15.5 Å². The van der Waals surface area contributed by atoms with E-state index in [1.165, 1.54) is 12.1 Å². The Labute approximate surface area is 149 Å². The van der Waals surface area contributed by atoms with Crippen LogP contribution < -0.4 is 10.9 Å². The number of fused-ring (bicyclic) bond motifs is 4. The SMILES string of the molecule is O=c1cccc2n1CC1CC2CN(C(=S)Nc2cc(F)cc(F)c2)C1. The summed E-state index contributed by atoms with van der Waals surface area (Å²) in [7, 11) is 0. The van der Waals surface area contributed by atoms with E-state index >= 15 is 0 Å². The average Bonchev–Trinajstić information content (AvgIpc) is 2.55. The second-order valence-electron chi connectivity index (χ2n) is 6.69. The van der Waals surface area contributed by atoms with Gasteiger partial charge in [-0.25, -0.2) is 8.78 Å². The normalized spacial score (nSPS) is 21.6. The third-order valence-electron chi connectivity index (χ3n) is 4.88. The zero-order chi connectivity index (χ0) is 17.6. The van der Waals surface area contributed by atoms with E-state index in [0.29, 0.717) is 29.8 Å². The Morgan fingerprint density at radius 2 is 1.88 bits per heavy atom. The highest BCUT2D eigenvalue weighted by Gasteiger charge is 2.35. The van der Waals surface area contributed by atoms with Crippen LogP contribution in [0.1, 0.15) is 18.0 Å². The molecule has 1 aromatic carbocycles. The molecule has 130 valence electrons. The Morgan fingerprint density at radius 3 is 2.64 bits per heavy atom. The van der Waals surface area contributed by atoms with E-state index < -0.39 is 11.6 Å². The van der Waals surface area contributed by atoms with Gasteiger partial charge in [0.15, 0.2) is 5.11 Å². The zero-order valence-electron chi connectivity index (χ0n) is 13.4. The van der Waals surface area contributed by atoms with Crippen molar-refractivity contribution in [3.05, 3.63) is 64.1 Å². The number of hydrogen-bond donors (Lipinski definition) is 1. The topological polar surface area (TPSA) is 37.3 Å². The minimum atomic E-state index is -0.644. The molecule has 0 saturated carbocycles. The van der Waals surface area contributed by atoms with Crippen molar-refractivity contribution in [1.29, 1.82) is 0 Å². The van der Waals surface area contributed by atoms with Crippen LogP contribution in [0.5, 0.6) is 0 Å². The van der Waals surface area contributed by atoms with Crippen molar-refractivity contribution in [3.63, 3.8) is 0 Å². The van der Waals surface area contributed by atoms with Crippen molar-refractivity contribution in [1.82, 2.24) is 9.47 Å². The average molecular weight is 361 g/mol. The number of anilines is 1. The highest BCUT2D eigenvalue weighted by Crippen LogP contribution is 2.35. The number of nitrogens with zero attached hydrogens (tertiary/aromatic N) is 2. The molecule has 25 heavy (non-hydrogen) atoms. The minimum Gasteiger partial charge on any atom is -0.348 e. The molecule has 0 spiro atoms. The molecule has 0 aliphatic carbocycles. The molecule has 2 bridgehead atoms. The molecular weight excluding hydrogens is 344 g/mol. The van der Waals surface area contributed by atoms with Crippen molar-refractivity contribution in [2.75, 3.05) is 18.4 Å². The summed E-state index contributed by atoms with van der Waals surface area (Å²) in [6.07, 6.45) is 1.02. The predicted octanol–water partition coefficient (Wildman–Crippen LogP) is 2.94. The first kappa shape index (κ1) is 16.2. The van der Waals surface area contributed by atoms with Gasteiger partial charge >= 0.3 is 0 Å². The first-order chi connectivity index (χ1) is 12.0. The number of hydrogen-bond acceptors (Lipinski definition) is 2. The molecule has 4 rings (SSSR count). The summed E-state index contributed by atoms with van der Waals surface area (Å²) in [5.41, 5.74) is 1.37. The molecule has 1 saturated heterocycles. The van der Waals surface area contributed by atoms with Crippen LogP contribution >= 0.6 is 12.2 Å². The van der Waals surface area contributed by atoms with Crippen LogP contribution in [0.15, 0.2) is 41.2 Å². The number of thiocarbonyl (C=S) groups is 1. The highest BCUT2D eigenvalue weighted by molar-refractivity contribution is 7.80. The molecule has 3 heterocycles. The smallest absolute Gasteiger partial charge is 0.250 e. The van der Waals surface area contributed by atoms with E-state index in [9.17, 15) is 13.6 Å². The van der Waals surface area contributed by atoms with Gasteiger partial charge in [-0.15, -0.1) is 0 Å². The monoisotopic (exact) mass is 361 g/mol. The Bertz CT molecular complexity index is 878. The lowest BCUT2D eigenvalue weighted by Gasteiger charge is -2.43. The molecule has 1 fully saturated rings. The molecule has 1 aromatic heterocycles. The van der Waals surface area contributed by atoms with E-state index in [-0.39, 0.29) is 11.5 Å². The quantitative estimate of drug-likeness (QED) is 0.793. The van der Waals surface area contributed by atoms with Gasteiger partial charge in [0.2, 0.25) is 0 Å². The van der Waals surface area contributed by atoms with Crippen LogP contribution in [0.3, 0.4) is 0 Å². The standard InChI is InChI=1S/C18H17F2N3OS/c19-13-5-14(20)7-15(6-13)21-18(25)22-8-11-4-12(10-22)16-2-1-3-17(24)23(16)9-11/h1-3,5-7,11-12H,4,8-10H2,(H,21,25). The number of aromatic nitrogens is 1. The van der Waals surface area contributed by atoms with E-state index in [0.717, 1.165) is 24.7 Å². The lowest BCUT2D eigenvalue weighted by Crippen LogP contribution is -2.50. The van der Waals surface area contributed by atoms with Crippen molar-refractivity contribution in [2.24, 2.45) is 5.92 Å². The van der Waals surface area contributed by atoms with Crippen molar-refractivity contribution < 1.29 is 8.78 Å². The van der Waals surface area contributed by atoms with Crippen molar-refractivity contribution in [2.45, 2.75) is 18.9 Å². The van der Waals surface area contributed by atoms with Crippen LogP contribution in [0.4, 0.5) is 14.5 Å². The molecular formula is C18H17F2N3OS. The number of likely N-dealkylation sites (tertiary alicyclic amines) is 1. The molecule has 1 N–H and O–H groups in total. The lowest BCUT2D eigenvalue weighted by atomic mass is 9.83. The zero-order valence-corrected chi connectivity index (χ0v) is 14.2. The second-order valence-corrected chi connectivity index (χ2v) is 7.08. The molecule has 4 nitrogen and oxygen atoms in total. The van der Waals surface area contributed by atoms with Gasteiger partial charge in [0.25, 0.3) is 5.56 Å². The maximum atomic E-state index is 13.3. The Balaban J connectivity index is 1.53. The number of benzene rings is 1. The van der Waals surface area contributed by atoms with Gasteiger partial charge in [0, 0.05) is 49.1 Å². The second kappa shape index (κ2) is 6.22. The van der Waals surface area contributed by atoms with Crippen LogP contribution in [-0.2, 0) is 6.54 Å². The first-order valence-electron chi connectivity index (χ1n) is 8.21. The van der Waals surface area contributed by atoms with Crippen LogP contribution in [0.2, 0.25) is 0 Å². The summed E-state index contributed by atoms with van der Waals surface area (Å²) < 4.78 is 28.5. The molecule has 2 atom stereocenters. The largest absolute Gasteiger partial charge is 0.348 e. The maximum absolute atomic E-state index is 13.3. The molecule has 0 radical (unpaired) electrons. The Kier molecular flexibility index (Phi) is 4.03. The molecule has 7 heteroatoms. The van der Waals surface area contributed by atoms with E-state index in [2.05, 4.69) is 5.32 Å². The van der Waals surface area contributed by atoms with Crippen LogP contribution in [0, 0.1) is 17.6 Å². The minimum absolute atomic E-state index is 0.0385. The fourth-order valence-corrected chi connectivity index (χ4v) is 4.16. The number of pyridine rings is 1. The fraction of sp³-hybridized carbons (Fsp3) is 0.333. The number of nitrogens with one attached hydrogen (secondary N) is 1. The molecule has 2 aliphatic heterocycles. The number of halogens is 2. The van der Waals surface area contributed by atoms with E-state index in [1.54, 1.807) is 12.1 Å². The summed E-state index contributed by atoms with van der Waals surface area (Å²) in [4.78, 5) is 14.1. The van der Waals surface area contributed by atoms with Crippen molar-refractivity contribution >= 4 is 23.0 Å². The third-order valence-corrected chi connectivity index (χ3v) is 5.24. The highest BCUT2D eigenvalue weighted by atomic mass is 32.1. The van der Waals surface area contributed by atoms with Crippen LogP contribution in [-0.4, -0.2) is 27.7 Å². The predicted molar refractivity (Wildman–Crippen MR) is 95.7 cm³/mol. The summed E-state index contributed by atoms with van der Waals surface area (Å²) in [6.45, 7) is 2.09. The van der Waals surface area contributed by atoms with E-state index in [4.69, 9.17) is 12.2 Å². The lowest BCUT2D eigenvalue weighted by molar-refractivity contribution is 0.180. The number of piperidine rings is 1. The fourth-order valence-electron chi connectivity index (χ4n) is 3.89. The van der Waals surface area contributed by atoms with Crippen LogP contribution in [0.25, 0.3) is 0 Å². The summed E-state index contributed by atoms with van der Waals surface area (Å²) in [6, 6.07) is 8.63. The van der Waals surface area contributed by atoms with Gasteiger partial charge in [0.05, 0.1) is 0 Å². The van der Waals surface area contributed by atoms with Gasteiger partial charge in [-0.05, 0) is 42.8 Å². The number of rotatable bonds is 1. The van der Waals surface area contributed by atoms with Gasteiger partial charge in [0.1, 0.15) is 11.6 Å². The van der Waals surface area contributed by atoms with Gasteiger partial charge in [-0.1, -0.05) is 6.07 Å². The van der Waals surface area contributed by atoms with Gasteiger partial charge in [-0.3, -0.25) is 4.79 Å². The molecule has 0 amide bonds. The summed E-state index contributed by atoms with van der Waals surface area (Å²) in [5.74, 6) is -0.732. The summed E-state index contributed by atoms with van der Waals surface area (Å²) in [5, 5.41) is 3.38.